The first-order valence-corrected chi connectivity index (χ1v) is 5.44. The van der Waals surface area contributed by atoms with Crippen molar-refractivity contribution >= 4 is 0 Å². The van der Waals surface area contributed by atoms with Crippen LogP contribution in [0.15, 0.2) is 36.7 Å². The molecule has 1 heterocycles. The van der Waals surface area contributed by atoms with Crippen LogP contribution in [0.1, 0.15) is 20.8 Å². The number of hydrogen-bond donors (Lipinski definition) is 0. The van der Waals surface area contributed by atoms with Crippen molar-refractivity contribution in [3.05, 3.63) is 42.5 Å². The highest BCUT2D eigenvalue weighted by molar-refractivity contribution is 5.28. The second-order valence-electron chi connectivity index (χ2n) is 4.85. The summed E-state index contributed by atoms with van der Waals surface area (Å²) in [7, 11) is 0. The molecule has 1 aromatic heterocycles. The first-order chi connectivity index (χ1) is 7.95. The van der Waals surface area contributed by atoms with Gasteiger partial charge in [0, 0.05) is 6.07 Å². The van der Waals surface area contributed by atoms with Gasteiger partial charge in [-0.2, -0.15) is 5.10 Å². The third kappa shape index (κ3) is 2.84. The molecule has 0 saturated carbocycles. The predicted molar refractivity (Wildman–Crippen MR) is 63.7 cm³/mol. The van der Waals surface area contributed by atoms with Crippen molar-refractivity contribution in [2.45, 2.75) is 26.3 Å². The second-order valence-corrected chi connectivity index (χ2v) is 4.85. The van der Waals surface area contributed by atoms with Crippen molar-refractivity contribution < 1.29 is 9.13 Å². The quantitative estimate of drug-likeness (QED) is 0.794. The molecule has 2 rings (SSSR count). The summed E-state index contributed by atoms with van der Waals surface area (Å²) in [4.78, 5) is 0. The van der Waals surface area contributed by atoms with Gasteiger partial charge in [-0.1, -0.05) is 6.07 Å². The van der Waals surface area contributed by atoms with Gasteiger partial charge in [0.1, 0.15) is 11.6 Å². The van der Waals surface area contributed by atoms with Gasteiger partial charge in [0.2, 0.25) is 0 Å². The fraction of sp³-hybridized carbons (Fsp3) is 0.308. The molecular weight excluding hydrogens is 219 g/mol. The van der Waals surface area contributed by atoms with Crippen LogP contribution in [0.2, 0.25) is 0 Å². The Morgan fingerprint density at radius 3 is 2.59 bits per heavy atom. The molecule has 0 saturated heterocycles. The van der Waals surface area contributed by atoms with E-state index in [1.807, 2.05) is 25.5 Å². The Morgan fingerprint density at radius 2 is 2.00 bits per heavy atom. The van der Waals surface area contributed by atoms with Gasteiger partial charge in [0.15, 0.2) is 5.75 Å². The zero-order valence-corrected chi connectivity index (χ0v) is 10.1. The van der Waals surface area contributed by atoms with Crippen LogP contribution in [0, 0.1) is 5.82 Å². The lowest BCUT2D eigenvalue weighted by atomic mass is 10.1. The SMILES string of the molecule is CC(C)(C)n1cc(Oc2cccc(F)c2)cn1. The van der Waals surface area contributed by atoms with Crippen molar-refractivity contribution in [3.8, 4) is 11.5 Å². The van der Waals surface area contributed by atoms with Crippen LogP contribution in [-0.2, 0) is 5.54 Å². The van der Waals surface area contributed by atoms with E-state index >= 15 is 0 Å². The lowest BCUT2D eigenvalue weighted by molar-refractivity contribution is 0.353. The van der Waals surface area contributed by atoms with Crippen LogP contribution in [0.3, 0.4) is 0 Å². The average Bonchev–Trinajstić information content (AvgIpc) is 2.65. The summed E-state index contributed by atoms with van der Waals surface area (Å²) in [6, 6.07) is 6.04. The zero-order valence-electron chi connectivity index (χ0n) is 10.1. The number of benzene rings is 1. The number of halogens is 1. The average molecular weight is 234 g/mol. The molecule has 0 amide bonds. The Hall–Kier alpha value is -1.84. The molecule has 0 aliphatic heterocycles. The van der Waals surface area contributed by atoms with Gasteiger partial charge in [-0.05, 0) is 32.9 Å². The third-order valence-electron chi connectivity index (χ3n) is 2.28. The summed E-state index contributed by atoms with van der Waals surface area (Å²) in [5.74, 6) is 0.759. The maximum atomic E-state index is 13.0. The molecule has 4 heteroatoms. The first-order valence-electron chi connectivity index (χ1n) is 5.44. The molecule has 2 aromatic rings. The Morgan fingerprint density at radius 1 is 1.24 bits per heavy atom. The minimum atomic E-state index is -0.314. The summed E-state index contributed by atoms with van der Waals surface area (Å²) in [5, 5.41) is 4.20. The number of nitrogens with zero attached hydrogens (tertiary/aromatic N) is 2. The summed E-state index contributed by atoms with van der Waals surface area (Å²) in [5.41, 5.74) is -0.0937. The van der Waals surface area contributed by atoms with E-state index in [-0.39, 0.29) is 11.4 Å². The van der Waals surface area contributed by atoms with Gasteiger partial charge < -0.3 is 4.74 Å². The highest BCUT2D eigenvalue weighted by atomic mass is 19.1. The fourth-order valence-corrected chi connectivity index (χ4v) is 1.39. The topological polar surface area (TPSA) is 27.1 Å². The Labute approximate surface area is 99.8 Å². The van der Waals surface area contributed by atoms with Crippen molar-refractivity contribution in [2.24, 2.45) is 0 Å². The van der Waals surface area contributed by atoms with E-state index in [9.17, 15) is 4.39 Å². The van der Waals surface area contributed by atoms with Gasteiger partial charge in [-0.25, -0.2) is 4.39 Å². The highest BCUT2D eigenvalue weighted by Crippen LogP contribution is 2.23. The predicted octanol–water partition coefficient (Wildman–Crippen LogP) is 3.57. The minimum absolute atomic E-state index is 0.0937. The Bertz CT molecular complexity index is 514. The standard InChI is InChI=1S/C13H15FN2O/c1-13(2,3)16-9-12(8-15-16)17-11-6-4-5-10(14)7-11/h4-9H,1-3H3. The molecule has 0 aliphatic rings. The van der Waals surface area contributed by atoms with E-state index in [2.05, 4.69) is 5.10 Å². The maximum Gasteiger partial charge on any atom is 0.165 e. The molecule has 0 aliphatic carbocycles. The minimum Gasteiger partial charge on any atom is -0.454 e. The molecule has 0 atom stereocenters. The Kier molecular flexibility index (Phi) is 2.88. The smallest absolute Gasteiger partial charge is 0.165 e. The lowest BCUT2D eigenvalue weighted by Crippen LogP contribution is -2.21. The summed E-state index contributed by atoms with van der Waals surface area (Å²) in [6.45, 7) is 6.14. The van der Waals surface area contributed by atoms with Crippen molar-refractivity contribution in [2.75, 3.05) is 0 Å². The molecule has 90 valence electrons. The lowest BCUT2D eigenvalue weighted by Gasteiger charge is -2.18. The van der Waals surface area contributed by atoms with Crippen LogP contribution in [0.5, 0.6) is 11.5 Å². The summed E-state index contributed by atoms with van der Waals surface area (Å²) < 4.78 is 20.3. The number of aromatic nitrogens is 2. The molecule has 0 radical (unpaired) electrons. The molecule has 0 unspecified atom stereocenters. The van der Waals surface area contributed by atoms with E-state index in [4.69, 9.17) is 4.74 Å². The van der Waals surface area contributed by atoms with Crippen molar-refractivity contribution in [3.63, 3.8) is 0 Å². The zero-order chi connectivity index (χ0) is 12.5. The van der Waals surface area contributed by atoms with Gasteiger partial charge in [-0.15, -0.1) is 0 Å². The van der Waals surface area contributed by atoms with Gasteiger partial charge in [0.05, 0.1) is 17.9 Å². The van der Waals surface area contributed by atoms with Crippen LogP contribution in [0.25, 0.3) is 0 Å². The molecule has 1 aromatic carbocycles. The molecule has 0 N–H and O–H groups in total. The fourth-order valence-electron chi connectivity index (χ4n) is 1.39. The second kappa shape index (κ2) is 4.20. The van der Waals surface area contributed by atoms with Crippen LogP contribution in [-0.4, -0.2) is 9.78 Å². The molecule has 0 spiro atoms. The Balaban J connectivity index is 2.17. The van der Waals surface area contributed by atoms with Crippen LogP contribution < -0.4 is 4.74 Å². The summed E-state index contributed by atoms with van der Waals surface area (Å²) >= 11 is 0. The van der Waals surface area contributed by atoms with Gasteiger partial charge in [0.25, 0.3) is 0 Å². The third-order valence-corrected chi connectivity index (χ3v) is 2.28. The van der Waals surface area contributed by atoms with Gasteiger partial charge >= 0.3 is 0 Å². The molecular formula is C13H15FN2O. The van der Waals surface area contributed by atoms with E-state index in [1.165, 1.54) is 12.1 Å². The van der Waals surface area contributed by atoms with Crippen LogP contribution in [0.4, 0.5) is 4.39 Å². The van der Waals surface area contributed by atoms with E-state index in [0.717, 1.165) is 0 Å². The first kappa shape index (κ1) is 11.6. The van der Waals surface area contributed by atoms with Crippen molar-refractivity contribution in [1.82, 2.24) is 9.78 Å². The highest BCUT2D eigenvalue weighted by Gasteiger charge is 2.14. The van der Waals surface area contributed by atoms with E-state index in [0.29, 0.717) is 11.5 Å². The molecule has 0 fully saturated rings. The monoisotopic (exact) mass is 234 g/mol. The normalized spacial score (nSPS) is 11.5. The molecule has 0 bridgehead atoms. The summed E-state index contributed by atoms with van der Waals surface area (Å²) in [6.07, 6.45) is 3.42. The largest absolute Gasteiger partial charge is 0.454 e. The number of hydrogen-bond acceptors (Lipinski definition) is 2. The number of ether oxygens (including phenoxy) is 1. The van der Waals surface area contributed by atoms with Crippen molar-refractivity contribution in [1.29, 1.82) is 0 Å². The van der Waals surface area contributed by atoms with Gasteiger partial charge in [-0.3, -0.25) is 4.68 Å². The maximum absolute atomic E-state index is 13.0. The van der Waals surface area contributed by atoms with E-state index in [1.54, 1.807) is 24.5 Å². The molecule has 17 heavy (non-hydrogen) atoms. The van der Waals surface area contributed by atoms with E-state index < -0.39 is 0 Å². The number of rotatable bonds is 2. The molecule has 3 nitrogen and oxygen atoms in total. The van der Waals surface area contributed by atoms with Crippen LogP contribution >= 0.6 is 0 Å².